The first-order chi connectivity index (χ1) is 8.59. The van der Waals surface area contributed by atoms with E-state index in [1.54, 1.807) is 4.90 Å². The van der Waals surface area contributed by atoms with E-state index < -0.39 is 12.0 Å². The van der Waals surface area contributed by atoms with Gasteiger partial charge in [-0.3, -0.25) is 4.79 Å². The van der Waals surface area contributed by atoms with Crippen molar-refractivity contribution in [2.24, 2.45) is 11.8 Å². The van der Waals surface area contributed by atoms with E-state index in [1.165, 1.54) is 0 Å². The number of carboxylic acids is 1. The minimum Gasteiger partial charge on any atom is -0.480 e. The molecule has 2 atom stereocenters. The number of nitrogens with zero attached hydrogens (tertiary/aromatic N) is 1. The minimum atomic E-state index is -0.862. The summed E-state index contributed by atoms with van der Waals surface area (Å²) in [4.78, 5) is 25.0. The molecule has 2 N–H and O–H groups in total. The van der Waals surface area contributed by atoms with Crippen LogP contribution in [0.2, 0.25) is 0 Å². The van der Waals surface area contributed by atoms with Crippen LogP contribution < -0.4 is 5.32 Å². The molecular weight excluding hydrogens is 232 g/mol. The number of nitrogens with one attached hydrogen (secondary N) is 1. The summed E-state index contributed by atoms with van der Waals surface area (Å²) >= 11 is 0. The third-order valence-corrected chi connectivity index (χ3v) is 4.20. The van der Waals surface area contributed by atoms with Crippen LogP contribution in [0.5, 0.6) is 0 Å². The van der Waals surface area contributed by atoms with Gasteiger partial charge in [0, 0.05) is 13.0 Å². The van der Waals surface area contributed by atoms with Crippen LogP contribution in [0.3, 0.4) is 0 Å². The standard InChI is InChI=1S/C13H22N2O3/c1-9-4-7-15(12(9)13(17)18)11(16)8-10-2-5-14-6-3-10/h9-10,12,14H,2-8H2,1H3,(H,17,18). The maximum Gasteiger partial charge on any atom is 0.326 e. The Morgan fingerprint density at radius 3 is 2.56 bits per heavy atom. The Morgan fingerprint density at radius 2 is 1.94 bits per heavy atom. The zero-order valence-electron chi connectivity index (χ0n) is 10.9. The van der Waals surface area contributed by atoms with Gasteiger partial charge >= 0.3 is 5.97 Å². The molecule has 102 valence electrons. The van der Waals surface area contributed by atoms with Crippen molar-refractivity contribution in [2.75, 3.05) is 19.6 Å². The summed E-state index contributed by atoms with van der Waals surface area (Å²) in [5.41, 5.74) is 0. The lowest BCUT2D eigenvalue weighted by molar-refractivity contribution is -0.149. The average molecular weight is 254 g/mol. The molecule has 2 saturated heterocycles. The third-order valence-electron chi connectivity index (χ3n) is 4.20. The highest BCUT2D eigenvalue weighted by atomic mass is 16.4. The van der Waals surface area contributed by atoms with Gasteiger partial charge in [0.15, 0.2) is 0 Å². The summed E-state index contributed by atoms with van der Waals surface area (Å²) in [5.74, 6) is -0.346. The molecule has 0 aromatic rings. The van der Waals surface area contributed by atoms with E-state index >= 15 is 0 Å². The molecule has 0 aromatic heterocycles. The minimum absolute atomic E-state index is 0.0265. The number of hydrogen-bond acceptors (Lipinski definition) is 3. The smallest absolute Gasteiger partial charge is 0.326 e. The summed E-state index contributed by atoms with van der Waals surface area (Å²) in [7, 11) is 0. The molecular formula is C13H22N2O3. The Balaban J connectivity index is 1.93. The maximum atomic E-state index is 12.2. The topological polar surface area (TPSA) is 69.6 Å². The molecule has 2 unspecified atom stereocenters. The van der Waals surface area contributed by atoms with Crippen LogP contribution in [0.15, 0.2) is 0 Å². The van der Waals surface area contributed by atoms with E-state index in [1.807, 2.05) is 6.92 Å². The first-order valence-electron chi connectivity index (χ1n) is 6.82. The van der Waals surface area contributed by atoms with Crippen LogP contribution in [-0.4, -0.2) is 47.6 Å². The lowest BCUT2D eigenvalue weighted by atomic mass is 9.94. The lowest BCUT2D eigenvalue weighted by Gasteiger charge is -2.27. The molecule has 0 aliphatic carbocycles. The fourth-order valence-corrected chi connectivity index (χ4v) is 3.05. The zero-order chi connectivity index (χ0) is 13.1. The third kappa shape index (κ3) is 2.83. The summed E-state index contributed by atoms with van der Waals surface area (Å²) in [5, 5.41) is 12.5. The summed E-state index contributed by atoms with van der Waals surface area (Å²) in [6, 6.07) is -0.612. The van der Waals surface area contributed by atoms with Crippen LogP contribution in [0.25, 0.3) is 0 Å². The molecule has 0 bridgehead atoms. The Kier molecular flexibility index (Phi) is 4.22. The van der Waals surface area contributed by atoms with Gasteiger partial charge in [-0.2, -0.15) is 0 Å². The zero-order valence-corrected chi connectivity index (χ0v) is 10.9. The van der Waals surface area contributed by atoms with E-state index in [4.69, 9.17) is 0 Å². The fraction of sp³-hybridized carbons (Fsp3) is 0.846. The van der Waals surface area contributed by atoms with E-state index in [0.717, 1.165) is 32.4 Å². The fourth-order valence-electron chi connectivity index (χ4n) is 3.05. The van der Waals surface area contributed by atoms with E-state index in [9.17, 15) is 14.7 Å². The quantitative estimate of drug-likeness (QED) is 0.778. The molecule has 2 rings (SSSR count). The van der Waals surface area contributed by atoms with Gasteiger partial charge in [-0.15, -0.1) is 0 Å². The Labute approximate surface area is 108 Å². The molecule has 2 aliphatic rings. The molecule has 2 heterocycles. The number of piperidine rings is 1. The van der Waals surface area contributed by atoms with Gasteiger partial charge in [-0.25, -0.2) is 4.79 Å². The number of carbonyl (C=O) groups is 2. The molecule has 2 fully saturated rings. The normalized spacial score (nSPS) is 29.5. The first-order valence-corrected chi connectivity index (χ1v) is 6.82. The van der Waals surface area contributed by atoms with Crippen molar-refractivity contribution in [1.82, 2.24) is 10.2 Å². The van der Waals surface area contributed by atoms with Crippen molar-refractivity contribution >= 4 is 11.9 Å². The first kappa shape index (κ1) is 13.3. The summed E-state index contributed by atoms with van der Waals surface area (Å²) < 4.78 is 0. The Hall–Kier alpha value is -1.10. The maximum absolute atomic E-state index is 12.2. The predicted octanol–water partition coefficient (Wildman–Crippen LogP) is 0.698. The molecule has 18 heavy (non-hydrogen) atoms. The largest absolute Gasteiger partial charge is 0.480 e. The number of carbonyl (C=O) groups excluding carboxylic acids is 1. The van der Waals surface area contributed by atoms with E-state index in [0.29, 0.717) is 18.9 Å². The van der Waals surface area contributed by atoms with Crippen LogP contribution in [0.1, 0.15) is 32.6 Å². The second kappa shape index (κ2) is 5.69. The van der Waals surface area contributed by atoms with Gasteiger partial charge in [-0.1, -0.05) is 6.92 Å². The Bertz CT molecular complexity index is 326. The van der Waals surface area contributed by atoms with Crippen molar-refractivity contribution in [1.29, 1.82) is 0 Å². The summed E-state index contributed by atoms with van der Waals surface area (Å²) in [6.07, 6.45) is 3.35. The SMILES string of the molecule is CC1CCN(C(=O)CC2CCNCC2)C1C(=O)O. The van der Waals surface area contributed by atoms with Crippen molar-refractivity contribution in [3.63, 3.8) is 0 Å². The number of hydrogen-bond donors (Lipinski definition) is 2. The summed E-state index contributed by atoms with van der Waals surface area (Å²) in [6.45, 7) is 4.45. The van der Waals surface area contributed by atoms with Gasteiger partial charge in [0.25, 0.3) is 0 Å². The van der Waals surface area contributed by atoms with Gasteiger partial charge in [0.2, 0.25) is 5.91 Å². The molecule has 0 spiro atoms. The molecule has 5 heteroatoms. The highest BCUT2D eigenvalue weighted by Gasteiger charge is 2.39. The Morgan fingerprint density at radius 1 is 1.28 bits per heavy atom. The molecule has 2 aliphatic heterocycles. The van der Waals surface area contributed by atoms with Crippen LogP contribution >= 0.6 is 0 Å². The molecule has 1 amide bonds. The molecule has 0 saturated carbocycles. The number of amides is 1. The van der Waals surface area contributed by atoms with Gasteiger partial charge < -0.3 is 15.3 Å². The average Bonchev–Trinajstić information content (AvgIpc) is 2.72. The van der Waals surface area contributed by atoms with Crippen LogP contribution in [0.4, 0.5) is 0 Å². The monoisotopic (exact) mass is 254 g/mol. The molecule has 0 radical (unpaired) electrons. The van der Waals surface area contributed by atoms with Crippen molar-refractivity contribution in [3.8, 4) is 0 Å². The van der Waals surface area contributed by atoms with E-state index in [2.05, 4.69) is 5.32 Å². The van der Waals surface area contributed by atoms with Gasteiger partial charge in [-0.05, 0) is 44.2 Å². The van der Waals surface area contributed by atoms with Crippen molar-refractivity contribution in [2.45, 2.75) is 38.6 Å². The van der Waals surface area contributed by atoms with Crippen LogP contribution in [-0.2, 0) is 9.59 Å². The number of aliphatic carboxylic acids is 1. The van der Waals surface area contributed by atoms with E-state index in [-0.39, 0.29) is 11.8 Å². The number of rotatable bonds is 3. The van der Waals surface area contributed by atoms with Gasteiger partial charge in [0.1, 0.15) is 6.04 Å². The molecule has 0 aromatic carbocycles. The number of carboxylic acid groups (broad SMARTS) is 1. The van der Waals surface area contributed by atoms with Gasteiger partial charge in [0.05, 0.1) is 0 Å². The van der Waals surface area contributed by atoms with Crippen molar-refractivity contribution in [3.05, 3.63) is 0 Å². The predicted molar refractivity (Wildman–Crippen MR) is 67.1 cm³/mol. The number of likely N-dealkylation sites (tertiary alicyclic amines) is 1. The van der Waals surface area contributed by atoms with Crippen LogP contribution in [0, 0.1) is 11.8 Å². The lowest BCUT2D eigenvalue weighted by Crippen LogP contribution is -2.43. The highest BCUT2D eigenvalue weighted by molar-refractivity contribution is 5.84. The molecule has 5 nitrogen and oxygen atoms in total. The second-order valence-corrected chi connectivity index (χ2v) is 5.53. The highest BCUT2D eigenvalue weighted by Crippen LogP contribution is 2.27. The second-order valence-electron chi connectivity index (χ2n) is 5.53. The van der Waals surface area contributed by atoms with Crippen molar-refractivity contribution < 1.29 is 14.7 Å².